The van der Waals surface area contributed by atoms with Gasteiger partial charge in [0.1, 0.15) is 5.76 Å². The Kier molecular flexibility index (Phi) is 5.43. The largest absolute Gasteiger partial charge is 0.468 e. The van der Waals surface area contributed by atoms with Gasteiger partial charge in [-0.3, -0.25) is 9.80 Å². The summed E-state index contributed by atoms with van der Waals surface area (Å²) in [6.45, 7) is 13.4. The Hall–Kier alpha value is -0.840. The van der Waals surface area contributed by atoms with Gasteiger partial charge in [0.05, 0.1) is 12.8 Å². The molecule has 2 heterocycles. The van der Waals surface area contributed by atoms with Gasteiger partial charge in [0.25, 0.3) is 0 Å². The van der Waals surface area contributed by atoms with Crippen LogP contribution in [-0.4, -0.2) is 54.6 Å². The highest BCUT2D eigenvalue weighted by Gasteiger charge is 2.25. The Morgan fingerprint density at radius 2 is 2.32 bits per heavy atom. The Morgan fingerprint density at radius 3 is 2.95 bits per heavy atom. The van der Waals surface area contributed by atoms with E-state index < -0.39 is 0 Å². The first-order valence-corrected chi connectivity index (χ1v) is 7.42. The fourth-order valence-electron chi connectivity index (χ4n) is 2.84. The van der Waals surface area contributed by atoms with Crippen LogP contribution in [0.25, 0.3) is 0 Å². The lowest BCUT2D eigenvalue weighted by Gasteiger charge is -2.42. The summed E-state index contributed by atoms with van der Waals surface area (Å²) in [5, 5.41) is 3.48. The SMILES string of the molecule is CCN1CCN(C(C)CNCc2ccco2)CC1C. The maximum absolute atomic E-state index is 5.32. The van der Waals surface area contributed by atoms with Gasteiger partial charge in [-0.15, -0.1) is 0 Å². The summed E-state index contributed by atoms with van der Waals surface area (Å²) in [6, 6.07) is 5.20. The van der Waals surface area contributed by atoms with E-state index in [-0.39, 0.29) is 0 Å². The number of likely N-dealkylation sites (N-methyl/N-ethyl adjacent to an activating group) is 1. The number of nitrogens with one attached hydrogen (secondary N) is 1. The topological polar surface area (TPSA) is 31.6 Å². The second-order valence-electron chi connectivity index (χ2n) is 5.53. The van der Waals surface area contributed by atoms with Gasteiger partial charge in [0, 0.05) is 38.3 Å². The number of nitrogens with zero attached hydrogens (tertiary/aromatic N) is 2. The first kappa shape index (κ1) is 14.6. The van der Waals surface area contributed by atoms with E-state index >= 15 is 0 Å². The minimum absolute atomic E-state index is 0.580. The molecule has 1 aromatic rings. The summed E-state index contributed by atoms with van der Waals surface area (Å²) in [7, 11) is 0. The van der Waals surface area contributed by atoms with Crippen LogP contribution in [0.2, 0.25) is 0 Å². The third-order valence-corrected chi connectivity index (χ3v) is 4.15. The van der Waals surface area contributed by atoms with Gasteiger partial charge < -0.3 is 9.73 Å². The minimum Gasteiger partial charge on any atom is -0.468 e. The van der Waals surface area contributed by atoms with Gasteiger partial charge in [0.2, 0.25) is 0 Å². The molecule has 0 bridgehead atoms. The molecule has 1 aliphatic rings. The molecule has 4 nitrogen and oxygen atoms in total. The maximum Gasteiger partial charge on any atom is 0.117 e. The molecule has 19 heavy (non-hydrogen) atoms. The highest BCUT2D eigenvalue weighted by Crippen LogP contribution is 2.11. The molecule has 0 saturated carbocycles. The highest BCUT2D eigenvalue weighted by molar-refractivity contribution is 4.97. The molecule has 2 atom stereocenters. The van der Waals surface area contributed by atoms with Crippen LogP contribution in [-0.2, 0) is 6.54 Å². The predicted molar refractivity (Wildman–Crippen MR) is 78.2 cm³/mol. The van der Waals surface area contributed by atoms with Gasteiger partial charge in [-0.2, -0.15) is 0 Å². The normalized spacial score (nSPS) is 23.6. The zero-order valence-electron chi connectivity index (χ0n) is 12.4. The quantitative estimate of drug-likeness (QED) is 0.850. The lowest BCUT2D eigenvalue weighted by Crippen LogP contribution is -2.55. The van der Waals surface area contributed by atoms with Gasteiger partial charge >= 0.3 is 0 Å². The van der Waals surface area contributed by atoms with Crippen molar-refractivity contribution in [3.8, 4) is 0 Å². The molecule has 1 saturated heterocycles. The van der Waals surface area contributed by atoms with E-state index in [0.717, 1.165) is 18.8 Å². The van der Waals surface area contributed by atoms with Gasteiger partial charge in [0.15, 0.2) is 0 Å². The van der Waals surface area contributed by atoms with Crippen LogP contribution in [0.4, 0.5) is 0 Å². The Morgan fingerprint density at radius 1 is 1.47 bits per heavy atom. The molecule has 0 radical (unpaired) electrons. The van der Waals surface area contributed by atoms with E-state index in [4.69, 9.17) is 4.42 Å². The van der Waals surface area contributed by atoms with Crippen molar-refractivity contribution < 1.29 is 4.42 Å². The summed E-state index contributed by atoms with van der Waals surface area (Å²) < 4.78 is 5.32. The van der Waals surface area contributed by atoms with Crippen LogP contribution in [0.3, 0.4) is 0 Å². The van der Waals surface area contributed by atoms with E-state index in [1.165, 1.54) is 26.2 Å². The van der Waals surface area contributed by atoms with Crippen LogP contribution < -0.4 is 5.32 Å². The second kappa shape index (κ2) is 7.08. The van der Waals surface area contributed by atoms with Crippen LogP contribution >= 0.6 is 0 Å². The highest BCUT2D eigenvalue weighted by atomic mass is 16.3. The number of rotatable bonds is 6. The van der Waals surface area contributed by atoms with Crippen molar-refractivity contribution in [2.75, 3.05) is 32.7 Å². The molecule has 108 valence electrons. The molecule has 0 spiro atoms. The van der Waals surface area contributed by atoms with Crippen molar-refractivity contribution in [2.24, 2.45) is 0 Å². The molecule has 4 heteroatoms. The summed E-state index contributed by atoms with van der Waals surface area (Å²) in [5.41, 5.74) is 0. The molecular weight excluding hydrogens is 238 g/mol. The standard InChI is InChI=1S/C15H27N3O/c1-4-17-7-8-18(12-14(17)3)13(2)10-16-11-15-6-5-9-19-15/h5-6,9,13-14,16H,4,7-8,10-12H2,1-3H3. The van der Waals surface area contributed by atoms with Crippen LogP contribution in [0.5, 0.6) is 0 Å². The first-order valence-electron chi connectivity index (χ1n) is 7.42. The first-order chi connectivity index (χ1) is 9.20. The fraction of sp³-hybridized carbons (Fsp3) is 0.733. The number of piperazine rings is 1. The smallest absolute Gasteiger partial charge is 0.117 e. The van der Waals surface area contributed by atoms with Gasteiger partial charge in [-0.05, 0) is 32.5 Å². The molecule has 0 amide bonds. The average Bonchev–Trinajstić information content (AvgIpc) is 2.91. The van der Waals surface area contributed by atoms with Crippen LogP contribution in [0, 0.1) is 0 Å². The lowest BCUT2D eigenvalue weighted by atomic mass is 10.1. The molecular formula is C15H27N3O. The summed E-state index contributed by atoms with van der Waals surface area (Å²) >= 11 is 0. The molecule has 2 rings (SSSR count). The number of hydrogen-bond donors (Lipinski definition) is 1. The summed E-state index contributed by atoms with van der Waals surface area (Å²) in [6.07, 6.45) is 1.73. The van der Waals surface area contributed by atoms with Gasteiger partial charge in [-0.25, -0.2) is 0 Å². The van der Waals surface area contributed by atoms with Gasteiger partial charge in [-0.1, -0.05) is 6.92 Å². The van der Waals surface area contributed by atoms with Crippen LogP contribution in [0.15, 0.2) is 22.8 Å². The lowest BCUT2D eigenvalue weighted by molar-refractivity contribution is 0.0634. The van der Waals surface area contributed by atoms with Crippen molar-refractivity contribution >= 4 is 0 Å². The number of hydrogen-bond acceptors (Lipinski definition) is 4. The zero-order valence-corrected chi connectivity index (χ0v) is 12.4. The minimum atomic E-state index is 0.580. The van der Waals surface area contributed by atoms with Crippen molar-refractivity contribution in [3.05, 3.63) is 24.2 Å². The van der Waals surface area contributed by atoms with E-state index in [1.54, 1.807) is 6.26 Å². The van der Waals surface area contributed by atoms with E-state index in [2.05, 4.69) is 35.9 Å². The molecule has 2 unspecified atom stereocenters. The molecule has 0 aromatic carbocycles. The summed E-state index contributed by atoms with van der Waals surface area (Å²) in [5.74, 6) is 1.01. The molecule has 1 aliphatic heterocycles. The molecule has 1 N–H and O–H groups in total. The third-order valence-electron chi connectivity index (χ3n) is 4.15. The van der Waals surface area contributed by atoms with E-state index in [0.29, 0.717) is 12.1 Å². The Balaban J connectivity index is 1.70. The second-order valence-corrected chi connectivity index (χ2v) is 5.53. The zero-order chi connectivity index (χ0) is 13.7. The van der Waals surface area contributed by atoms with Crippen LogP contribution in [0.1, 0.15) is 26.5 Å². The van der Waals surface area contributed by atoms with Crippen molar-refractivity contribution in [3.63, 3.8) is 0 Å². The summed E-state index contributed by atoms with van der Waals surface area (Å²) in [4.78, 5) is 5.14. The molecule has 1 aromatic heterocycles. The van der Waals surface area contributed by atoms with Crippen molar-refractivity contribution in [2.45, 2.75) is 39.4 Å². The predicted octanol–water partition coefficient (Wildman–Crippen LogP) is 1.78. The molecule has 1 fully saturated rings. The van der Waals surface area contributed by atoms with Crippen molar-refractivity contribution in [1.29, 1.82) is 0 Å². The number of furan rings is 1. The molecule has 0 aliphatic carbocycles. The van der Waals surface area contributed by atoms with E-state index in [1.807, 2.05) is 12.1 Å². The fourth-order valence-corrected chi connectivity index (χ4v) is 2.84. The Labute approximate surface area is 116 Å². The maximum atomic E-state index is 5.32. The Bertz CT molecular complexity index is 352. The van der Waals surface area contributed by atoms with Crippen molar-refractivity contribution in [1.82, 2.24) is 15.1 Å². The van der Waals surface area contributed by atoms with E-state index in [9.17, 15) is 0 Å². The average molecular weight is 265 g/mol. The third kappa shape index (κ3) is 4.06. The monoisotopic (exact) mass is 265 g/mol.